The molecule has 1 saturated heterocycles. The molecule has 4 rings (SSSR count). The van der Waals surface area contributed by atoms with Crippen molar-refractivity contribution >= 4 is 23.2 Å². The summed E-state index contributed by atoms with van der Waals surface area (Å²) in [4.78, 5) is 26.9. The molecule has 2 amide bonds. The third-order valence-corrected chi connectivity index (χ3v) is 5.11. The van der Waals surface area contributed by atoms with Crippen molar-refractivity contribution in [2.75, 3.05) is 16.8 Å². The Balaban J connectivity index is 1.44. The molecule has 1 aromatic heterocycles. The van der Waals surface area contributed by atoms with Crippen molar-refractivity contribution in [2.24, 2.45) is 5.92 Å². The fourth-order valence-corrected chi connectivity index (χ4v) is 3.37. The van der Waals surface area contributed by atoms with Crippen LogP contribution in [0.3, 0.4) is 0 Å². The Morgan fingerprint density at radius 1 is 1.14 bits per heavy atom. The molecule has 1 atom stereocenters. The van der Waals surface area contributed by atoms with E-state index in [0.717, 1.165) is 22.5 Å². The third kappa shape index (κ3) is 3.36. The minimum Gasteiger partial charge on any atom is -0.326 e. The fraction of sp³-hybridized carbons (Fsp3) is 0.250. The average Bonchev–Trinajstić information content (AvgIpc) is 3.35. The Labute approximate surface area is 162 Å². The summed E-state index contributed by atoms with van der Waals surface area (Å²) in [7, 11) is 0. The van der Waals surface area contributed by atoms with Crippen LogP contribution in [-0.2, 0) is 9.59 Å². The van der Waals surface area contributed by atoms with Gasteiger partial charge in [0.15, 0.2) is 0 Å². The van der Waals surface area contributed by atoms with Gasteiger partial charge < -0.3 is 10.2 Å². The first-order valence-corrected chi connectivity index (χ1v) is 9.04. The number of carbonyl (C=O) groups is 2. The Morgan fingerprint density at radius 3 is 2.64 bits per heavy atom. The first kappa shape index (κ1) is 17.8. The van der Waals surface area contributed by atoms with E-state index >= 15 is 0 Å². The molecule has 1 aliphatic rings. The maximum absolute atomic E-state index is 12.7. The van der Waals surface area contributed by atoms with Gasteiger partial charge in [0, 0.05) is 24.3 Å². The molecule has 2 aromatic carbocycles. The number of nitrogens with zero attached hydrogens (tertiary/aromatic N) is 5. The second-order valence-corrected chi connectivity index (χ2v) is 6.91. The van der Waals surface area contributed by atoms with Crippen LogP contribution in [0.15, 0.2) is 48.8 Å². The van der Waals surface area contributed by atoms with Crippen LogP contribution in [0, 0.1) is 19.8 Å². The van der Waals surface area contributed by atoms with Crippen LogP contribution in [0.25, 0.3) is 5.69 Å². The molecular weight excluding hydrogens is 356 g/mol. The molecule has 8 heteroatoms. The van der Waals surface area contributed by atoms with E-state index in [2.05, 4.69) is 20.8 Å². The zero-order valence-electron chi connectivity index (χ0n) is 15.7. The summed E-state index contributed by atoms with van der Waals surface area (Å²) < 4.78 is 1.53. The molecule has 0 aliphatic carbocycles. The lowest BCUT2D eigenvalue weighted by Crippen LogP contribution is -2.28. The number of hydrogen-bond donors (Lipinski definition) is 1. The standard InChI is InChI=1S/C20H20N6O2/c1-13-4-3-5-18(14(13)2)25-11-15(10-19(25)27)20(28)22-16-6-8-17(9-7-16)26-12-21-23-24-26/h3-9,12,15H,10-11H2,1-2H3,(H,22,28). The zero-order chi connectivity index (χ0) is 19.7. The van der Waals surface area contributed by atoms with Crippen molar-refractivity contribution in [3.8, 4) is 5.69 Å². The number of rotatable bonds is 4. The third-order valence-electron chi connectivity index (χ3n) is 5.11. The predicted molar refractivity (Wildman–Crippen MR) is 104 cm³/mol. The lowest BCUT2D eigenvalue weighted by atomic mass is 10.1. The maximum Gasteiger partial charge on any atom is 0.229 e. The van der Waals surface area contributed by atoms with E-state index in [1.807, 2.05) is 44.2 Å². The lowest BCUT2D eigenvalue weighted by Gasteiger charge is -2.20. The van der Waals surface area contributed by atoms with Gasteiger partial charge in [0.05, 0.1) is 11.6 Å². The summed E-state index contributed by atoms with van der Waals surface area (Å²) in [6, 6.07) is 13.1. The molecule has 2 heterocycles. The van der Waals surface area contributed by atoms with E-state index < -0.39 is 0 Å². The second-order valence-electron chi connectivity index (χ2n) is 6.91. The first-order chi connectivity index (χ1) is 13.5. The summed E-state index contributed by atoms with van der Waals surface area (Å²) >= 11 is 0. The van der Waals surface area contributed by atoms with Gasteiger partial charge in [-0.05, 0) is 65.7 Å². The van der Waals surface area contributed by atoms with Crippen LogP contribution < -0.4 is 10.2 Å². The van der Waals surface area contributed by atoms with Crippen LogP contribution in [0.2, 0.25) is 0 Å². The second kappa shape index (κ2) is 7.22. The topological polar surface area (TPSA) is 93.0 Å². The molecule has 0 bridgehead atoms. The smallest absolute Gasteiger partial charge is 0.229 e. The van der Waals surface area contributed by atoms with Crippen molar-refractivity contribution < 1.29 is 9.59 Å². The van der Waals surface area contributed by atoms with Crippen molar-refractivity contribution in [3.05, 3.63) is 59.9 Å². The monoisotopic (exact) mass is 376 g/mol. The SMILES string of the molecule is Cc1cccc(N2CC(C(=O)Nc3ccc(-n4cnnn4)cc3)CC2=O)c1C. The molecule has 1 fully saturated rings. The summed E-state index contributed by atoms with van der Waals surface area (Å²) in [6.07, 6.45) is 1.71. The lowest BCUT2D eigenvalue weighted by molar-refractivity contribution is -0.122. The molecule has 3 aromatic rings. The van der Waals surface area contributed by atoms with E-state index in [9.17, 15) is 9.59 Å². The van der Waals surface area contributed by atoms with Crippen LogP contribution >= 0.6 is 0 Å². The van der Waals surface area contributed by atoms with Gasteiger partial charge in [-0.2, -0.15) is 0 Å². The van der Waals surface area contributed by atoms with Gasteiger partial charge in [-0.25, -0.2) is 4.68 Å². The Morgan fingerprint density at radius 2 is 1.93 bits per heavy atom. The minimum absolute atomic E-state index is 0.0251. The molecule has 1 aliphatic heterocycles. The van der Waals surface area contributed by atoms with Gasteiger partial charge in [0.1, 0.15) is 6.33 Å². The number of benzene rings is 2. The number of hydrogen-bond acceptors (Lipinski definition) is 5. The van der Waals surface area contributed by atoms with Crippen LogP contribution in [-0.4, -0.2) is 38.6 Å². The molecule has 0 saturated carbocycles. The van der Waals surface area contributed by atoms with Gasteiger partial charge >= 0.3 is 0 Å². The number of carbonyl (C=O) groups excluding carboxylic acids is 2. The Hall–Kier alpha value is -3.55. The summed E-state index contributed by atoms with van der Waals surface area (Å²) in [5.74, 6) is -0.564. The van der Waals surface area contributed by atoms with Gasteiger partial charge in [-0.3, -0.25) is 9.59 Å². The molecule has 1 unspecified atom stereocenters. The highest BCUT2D eigenvalue weighted by Gasteiger charge is 2.35. The van der Waals surface area contributed by atoms with E-state index in [1.54, 1.807) is 17.0 Å². The zero-order valence-corrected chi connectivity index (χ0v) is 15.7. The number of aromatic nitrogens is 4. The number of aryl methyl sites for hydroxylation is 1. The molecule has 8 nitrogen and oxygen atoms in total. The number of tetrazole rings is 1. The molecule has 0 radical (unpaired) electrons. The van der Waals surface area contributed by atoms with E-state index in [1.165, 1.54) is 11.0 Å². The highest BCUT2D eigenvalue weighted by molar-refractivity contribution is 6.03. The van der Waals surface area contributed by atoms with Crippen LogP contribution in [0.1, 0.15) is 17.5 Å². The Bertz CT molecular complexity index is 1010. The number of amides is 2. The summed E-state index contributed by atoms with van der Waals surface area (Å²) in [5, 5.41) is 13.9. The number of nitrogens with one attached hydrogen (secondary N) is 1. The highest BCUT2D eigenvalue weighted by atomic mass is 16.2. The van der Waals surface area contributed by atoms with Crippen molar-refractivity contribution in [1.29, 1.82) is 0 Å². The van der Waals surface area contributed by atoms with E-state index in [4.69, 9.17) is 0 Å². The van der Waals surface area contributed by atoms with Crippen LogP contribution in [0.4, 0.5) is 11.4 Å². The molecule has 0 spiro atoms. The van der Waals surface area contributed by atoms with Gasteiger partial charge in [-0.15, -0.1) is 5.10 Å². The molecule has 142 valence electrons. The average molecular weight is 376 g/mol. The summed E-state index contributed by atoms with van der Waals surface area (Å²) in [5.41, 5.74) is 4.53. The quantitative estimate of drug-likeness (QED) is 0.754. The molecule has 1 N–H and O–H groups in total. The Kier molecular flexibility index (Phi) is 4.60. The van der Waals surface area contributed by atoms with E-state index in [0.29, 0.717) is 12.2 Å². The predicted octanol–water partition coefficient (Wildman–Crippen LogP) is 2.27. The molecule has 28 heavy (non-hydrogen) atoms. The normalized spacial score (nSPS) is 16.4. The van der Waals surface area contributed by atoms with Gasteiger partial charge in [-0.1, -0.05) is 12.1 Å². The summed E-state index contributed by atoms with van der Waals surface area (Å²) in [6.45, 7) is 4.40. The van der Waals surface area contributed by atoms with Crippen molar-refractivity contribution in [2.45, 2.75) is 20.3 Å². The largest absolute Gasteiger partial charge is 0.326 e. The van der Waals surface area contributed by atoms with Gasteiger partial charge in [0.25, 0.3) is 0 Å². The van der Waals surface area contributed by atoms with Crippen molar-refractivity contribution in [1.82, 2.24) is 20.2 Å². The van der Waals surface area contributed by atoms with Gasteiger partial charge in [0.2, 0.25) is 11.8 Å². The number of anilines is 2. The minimum atomic E-state index is -0.383. The van der Waals surface area contributed by atoms with E-state index in [-0.39, 0.29) is 24.2 Å². The van der Waals surface area contributed by atoms with Crippen LogP contribution in [0.5, 0.6) is 0 Å². The highest BCUT2D eigenvalue weighted by Crippen LogP contribution is 2.30. The van der Waals surface area contributed by atoms with Crippen molar-refractivity contribution in [3.63, 3.8) is 0 Å². The fourth-order valence-electron chi connectivity index (χ4n) is 3.37. The maximum atomic E-state index is 12.7. The molecular formula is C20H20N6O2. The first-order valence-electron chi connectivity index (χ1n) is 9.04.